The molecule has 0 aliphatic carbocycles. The summed E-state index contributed by atoms with van der Waals surface area (Å²) in [4.78, 5) is 20.5. The van der Waals surface area contributed by atoms with Gasteiger partial charge in [-0.1, -0.05) is 32.5 Å². The third-order valence-corrected chi connectivity index (χ3v) is 7.07. The number of nitrogens with zero attached hydrogens (tertiary/aromatic N) is 2. The number of rotatable bonds is 3. The van der Waals surface area contributed by atoms with E-state index in [0.717, 1.165) is 43.4 Å². The Kier molecular flexibility index (Phi) is 4.80. The van der Waals surface area contributed by atoms with Gasteiger partial charge in [0.25, 0.3) is 0 Å². The van der Waals surface area contributed by atoms with E-state index in [9.17, 15) is 4.79 Å². The van der Waals surface area contributed by atoms with Gasteiger partial charge in [-0.25, -0.2) is 4.98 Å². The zero-order valence-corrected chi connectivity index (χ0v) is 15.1. The van der Waals surface area contributed by atoms with Crippen LogP contribution >= 0.6 is 23.1 Å². The molecule has 22 heavy (non-hydrogen) atoms. The lowest BCUT2D eigenvalue weighted by Gasteiger charge is -2.31. The van der Waals surface area contributed by atoms with Crippen LogP contribution in [0.15, 0.2) is 10.5 Å². The highest BCUT2D eigenvalue weighted by atomic mass is 32.2. The highest BCUT2D eigenvalue weighted by Gasteiger charge is 2.37. The summed E-state index contributed by atoms with van der Waals surface area (Å²) in [5, 5.41) is 0.0433. The molecule has 0 saturated carbocycles. The molecule has 122 valence electrons. The number of thioether (sulfide) groups is 1. The van der Waals surface area contributed by atoms with Gasteiger partial charge in [0.05, 0.1) is 5.25 Å². The molecule has 0 bridgehead atoms. The molecule has 1 aromatic rings. The Morgan fingerprint density at radius 1 is 1.32 bits per heavy atom. The fourth-order valence-corrected chi connectivity index (χ4v) is 5.26. The van der Waals surface area contributed by atoms with Crippen LogP contribution in [0.25, 0.3) is 0 Å². The number of aromatic nitrogens is 1. The summed E-state index contributed by atoms with van der Waals surface area (Å²) in [5.41, 5.74) is 0.129. The minimum atomic E-state index is 0.0433. The maximum atomic E-state index is 12.7. The fourth-order valence-electron chi connectivity index (χ4n) is 2.92. The molecule has 3 heterocycles. The van der Waals surface area contributed by atoms with Gasteiger partial charge in [-0.15, -0.1) is 11.3 Å². The van der Waals surface area contributed by atoms with Gasteiger partial charge in [0.15, 0.2) is 4.34 Å². The third-order valence-electron chi connectivity index (χ3n) is 4.29. The van der Waals surface area contributed by atoms with Crippen LogP contribution in [0.1, 0.15) is 44.9 Å². The Labute approximate surface area is 140 Å². The maximum Gasteiger partial charge on any atom is 0.236 e. The maximum absolute atomic E-state index is 12.7. The first-order valence-corrected chi connectivity index (χ1v) is 9.66. The molecule has 2 aliphatic rings. The lowest BCUT2D eigenvalue weighted by Crippen LogP contribution is -2.41. The van der Waals surface area contributed by atoms with Crippen molar-refractivity contribution in [2.75, 3.05) is 19.8 Å². The molecule has 6 heteroatoms. The van der Waals surface area contributed by atoms with Crippen LogP contribution in [0.5, 0.6) is 0 Å². The van der Waals surface area contributed by atoms with Crippen molar-refractivity contribution in [1.29, 1.82) is 0 Å². The first-order chi connectivity index (χ1) is 10.4. The van der Waals surface area contributed by atoms with Crippen LogP contribution in [0, 0.1) is 0 Å². The summed E-state index contributed by atoms with van der Waals surface area (Å²) in [5.74, 6) is 0.296. The van der Waals surface area contributed by atoms with Crippen molar-refractivity contribution in [1.82, 2.24) is 9.88 Å². The quantitative estimate of drug-likeness (QED) is 0.846. The normalized spacial score (nSPS) is 24.2. The molecule has 2 saturated heterocycles. The molecule has 0 N–H and O–H groups in total. The van der Waals surface area contributed by atoms with Crippen molar-refractivity contribution < 1.29 is 9.53 Å². The summed E-state index contributed by atoms with van der Waals surface area (Å²) < 4.78 is 6.43. The van der Waals surface area contributed by atoms with E-state index in [1.165, 1.54) is 4.88 Å². The zero-order chi connectivity index (χ0) is 15.7. The van der Waals surface area contributed by atoms with E-state index in [-0.39, 0.29) is 10.7 Å². The van der Waals surface area contributed by atoms with Crippen molar-refractivity contribution in [3.8, 4) is 0 Å². The second-order valence-corrected chi connectivity index (χ2v) is 9.49. The van der Waals surface area contributed by atoms with E-state index in [1.54, 1.807) is 23.1 Å². The van der Waals surface area contributed by atoms with Crippen LogP contribution in [-0.4, -0.2) is 46.8 Å². The molecule has 1 atom stereocenters. The Hall–Kier alpha value is -0.590. The number of hydrogen-bond acceptors (Lipinski definition) is 5. The monoisotopic (exact) mass is 340 g/mol. The van der Waals surface area contributed by atoms with Crippen molar-refractivity contribution in [2.45, 2.75) is 61.1 Å². The Balaban J connectivity index is 1.62. The topological polar surface area (TPSA) is 42.4 Å². The lowest BCUT2D eigenvalue weighted by molar-refractivity contribution is -0.130. The summed E-state index contributed by atoms with van der Waals surface area (Å²) in [6.07, 6.45) is 4.86. The van der Waals surface area contributed by atoms with Gasteiger partial charge < -0.3 is 9.64 Å². The molecule has 0 unspecified atom stereocenters. The SMILES string of the molecule is CC(C)(C)c1cnc(S[C@@H]2CCN(C3CCOCC3)C2=O)s1. The number of likely N-dealkylation sites (tertiary alicyclic amines) is 1. The van der Waals surface area contributed by atoms with Gasteiger partial charge >= 0.3 is 0 Å². The first-order valence-electron chi connectivity index (χ1n) is 7.96. The Bertz CT molecular complexity index is 532. The predicted molar refractivity (Wildman–Crippen MR) is 90.6 cm³/mol. The number of hydrogen-bond donors (Lipinski definition) is 0. The predicted octanol–water partition coefficient (Wildman–Crippen LogP) is 3.31. The van der Waals surface area contributed by atoms with Crippen LogP contribution < -0.4 is 0 Å². The Morgan fingerprint density at radius 2 is 2.05 bits per heavy atom. The molecule has 0 radical (unpaired) electrons. The summed E-state index contributed by atoms with van der Waals surface area (Å²) >= 11 is 3.38. The second kappa shape index (κ2) is 6.49. The largest absolute Gasteiger partial charge is 0.381 e. The zero-order valence-electron chi connectivity index (χ0n) is 13.5. The minimum Gasteiger partial charge on any atom is -0.381 e. The molecule has 1 amide bonds. The molecule has 3 rings (SSSR count). The number of carbonyl (C=O) groups excluding carboxylic acids is 1. The van der Waals surface area contributed by atoms with E-state index in [4.69, 9.17) is 4.74 Å². The molecule has 2 aliphatic heterocycles. The van der Waals surface area contributed by atoms with Crippen molar-refractivity contribution in [3.05, 3.63) is 11.1 Å². The first kappa shape index (κ1) is 16.3. The van der Waals surface area contributed by atoms with Crippen LogP contribution in [0.2, 0.25) is 0 Å². The van der Waals surface area contributed by atoms with Gasteiger partial charge in [-0.3, -0.25) is 4.79 Å². The van der Waals surface area contributed by atoms with E-state index >= 15 is 0 Å². The molecule has 0 spiro atoms. The summed E-state index contributed by atoms with van der Waals surface area (Å²) in [6, 6.07) is 0.383. The standard InChI is InChI=1S/C16H24N2O2S2/c1-16(2,3)13-10-17-15(22-13)21-12-4-7-18(14(12)19)11-5-8-20-9-6-11/h10-12H,4-9H2,1-3H3/t12-/m1/s1. The molecule has 1 aromatic heterocycles. The number of carbonyl (C=O) groups is 1. The van der Waals surface area contributed by atoms with Crippen LogP contribution in [0.3, 0.4) is 0 Å². The smallest absolute Gasteiger partial charge is 0.236 e. The van der Waals surface area contributed by atoms with E-state index in [1.807, 2.05) is 6.20 Å². The molecule has 4 nitrogen and oxygen atoms in total. The average Bonchev–Trinajstić information content (AvgIpc) is 3.08. The fraction of sp³-hybridized carbons (Fsp3) is 0.750. The van der Waals surface area contributed by atoms with Crippen molar-refractivity contribution in [3.63, 3.8) is 0 Å². The number of amides is 1. The van der Waals surface area contributed by atoms with Gasteiger partial charge in [0, 0.05) is 36.9 Å². The lowest BCUT2D eigenvalue weighted by atomic mass is 9.96. The van der Waals surface area contributed by atoms with Crippen LogP contribution in [0.4, 0.5) is 0 Å². The molecular weight excluding hydrogens is 316 g/mol. The second-order valence-electron chi connectivity index (χ2n) is 7.01. The highest BCUT2D eigenvalue weighted by molar-refractivity contribution is 8.02. The summed E-state index contributed by atoms with van der Waals surface area (Å²) in [6.45, 7) is 9.05. The van der Waals surface area contributed by atoms with E-state index in [0.29, 0.717) is 11.9 Å². The number of ether oxygens (including phenoxy) is 1. The van der Waals surface area contributed by atoms with E-state index < -0.39 is 0 Å². The minimum absolute atomic E-state index is 0.0433. The molecule has 2 fully saturated rings. The third kappa shape index (κ3) is 3.49. The molecule has 0 aromatic carbocycles. The van der Waals surface area contributed by atoms with Gasteiger partial charge in [0.2, 0.25) is 5.91 Å². The van der Waals surface area contributed by atoms with Crippen molar-refractivity contribution in [2.24, 2.45) is 0 Å². The van der Waals surface area contributed by atoms with Crippen LogP contribution in [-0.2, 0) is 14.9 Å². The molecular formula is C16H24N2O2S2. The highest BCUT2D eigenvalue weighted by Crippen LogP contribution is 2.37. The summed E-state index contributed by atoms with van der Waals surface area (Å²) in [7, 11) is 0. The van der Waals surface area contributed by atoms with Gasteiger partial charge in [-0.05, 0) is 24.7 Å². The van der Waals surface area contributed by atoms with Gasteiger partial charge in [-0.2, -0.15) is 0 Å². The Morgan fingerprint density at radius 3 is 2.68 bits per heavy atom. The number of thiazole rings is 1. The van der Waals surface area contributed by atoms with Gasteiger partial charge in [0.1, 0.15) is 0 Å². The van der Waals surface area contributed by atoms with Crippen molar-refractivity contribution >= 4 is 29.0 Å². The van der Waals surface area contributed by atoms with E-state index in [2.05, 4.69) is 30.7 Å². The average molecular weight is 341 g/mol.